The number of nitrogens with one attached hydrogen (secondary N) is 1. The van der Waals surface area contributed by atoms with Crippen LogP contribution in [0.2, 0.25) is 0 Å². The number of benzene rings is 1. The van der Waals surface area contributed by atoms with Gasteiger partial charge in [0.05, 0.1) is 6.54 Å². The molecule has 0 saturated carbocycles. The number of anilines is 2. The van der Waals surface area contributed by atoms with E-state index in [-0.39, 0.29) is 12.5 Å². The lowest BCUT2D eigenvalue weighted by Gasteiger charge is -2.16. The number of carbonyl (C=O) groups excluding carboxylic acids is 1. The minimum Gasteiger partial charge on any atom is -0.398 e. The van der Waals surface area contributed by atoms with Gasteiger partial charge >= 0.3 is 0 Å². The van der Waals surface area contributed by atoms with Crippen molar-refractivity contribution >= 4 is 17.3 Å². The highest BCUT2D eigenvalue weighted by molar-refractivity contribution is 5.93. The highest BCUT2D eigenvalue weighted by Gasteiger charge is 2.23. The summed E-state index contributed by atoms with van der Waals surface area (Å²) in [6.45, 7) is 4.12. The van der Waals surface area contributed by atoms with Crippen LogP contribution in [0.3, 0.4) is 0 Å². The molecule has 0 aliphatic carbocycles. The molecule has 0 aromatic heterocycles. The van der Waals surface area contributed by atoms with E-state index >= 15 is 0 Å². The van der Waals surface area contributed by atoms with Gasteiger partial charge in [-0.3, -0.25) is 9.69 Å². The van der Waals surface area contributed by atoms with Gasteiger partial charge in [-0.25, -0.2) is 0 Å². The van der Waals surface area contributed by atoms with Gasteiger partial charge in [0.1, 0.15) is 0 Å². The lowest BCUT2D eigenvalue weighted by molar-refractivity contribution is -0.117. The number of nitrogens with two attached hydrogens (primary N) is 1. The van der Waals surface area contributed by atoms with Crippen molar-refractivity contribution in [3.63, 3.8) is 0 Å². The summed E-state index contributed by atoms with van der Waals surface area (Å²) < 4.78 is 0. The van der Waals surface area contributed by atoms with E-state index < -0.39 is 0 Å². The number of nitrogen functional groups attached to an aromatic ring is 1. The summed E-state index contributed by atoms with van der Waals surface area (Å²) in [4.78, 5) is 14.0. The van der Waals surface area contributed by atoms with Crippen LogP contribution < -0.4 is 11.1 Å². The smallest absolute Gasteiger partial charge is 0.238 e. The van der Waals surface area contributed by atoms with E-state index in [4.69, 9.17) is 10.8 Å². The van der Waals surface area contributed by atoms with Crippen LogP contribution in [0.25, 0.3) is 0 Å². The van der Waals surface area contributed by atoms with Crippen molar-refractivity contribution in [1.82, 2.24) is 4.90 Å². The highest BCUT2D eigenvalue weighted by atomic mass is 16.3. The molecule has 0 radical (unpaired) electrons. The zero-order valence-corrected chi connectivity index (χ0v) is 11.2. The second-order valence-corrected chi connectivity index (χ2v) is 5.14. The molecule has 5 heteroatoms. The molecule has 1 unspecified atom stereocenters. The number of rotatable bonds is 4. The molecular formula is C14H21N3O2. The number of hydrogen-bond donors (Lipinski definition) is 3. The van der Waals surface area contributed by atoms with Crippen LogP contribution in [0.15, 0.2) is 18.2 Å². The molecule has 1 aliphatic rings. The Balaban J connectivity index is 1.89. The summed E-state index contributed by atoms with van der Waals surface area (Å²) in [6, 6.07) is 5.50. The molecule has 1 aromatic rings. The number of aliphatic hydroxyl groups excluding tert-OH is 1. The second kappa shape index (κ2) is 6.04. The fourth-order valence-electron chi connectivity index (χ4n) is 2.39. The van der Waals surface area contributed by atoms with Crippen LogP contribution in [0, 0.1) is 12.8 Å². The first-order valence-corrected chi connectivity index (χ1v) is 6.58. The van der Waals surface area contributed by atoms with Gasteiger partial charge in [-0.1, -0.05) is 6.07 Å². The molecule has 1 heterocycles. The Labute approximate surface area is 113 Å². The lowest BCUT2D eigenvalue weighted by atomic mass is 10.1. The largest absolute Gasteiger partial charge is 0.398 e. The SMILES string of the molecule is Cc1c(N)cccc1NC(=O)CN1CCC(CO)C1. The first-order valence-electron chi connectivity index (χ1n) is 6.58. The van der Waals surface area contributed by atoms with Crippen molar-refractivity contribution in [3.8, 4) is 0 Å². The fourth-order valence-corrected chi connectivity index (χ4v) is 2.39. The quantitative estimate of drug-likeness (QED) is 0.703. The zero-order valence-electron chi connectivity index (χ0n) is 11.2. The van der Waals surface area contributed by atoms with Crippen LogP contribution in [-0.4, -0.2) is 42.2 Å². The van der Waals surface area contributed by atoms with E-state index in [1.54, 1.807) is 0 Å². The number of aliphatic hydroxyl groups is 1. The molecule has 1 fully saturated rings. The maximum atomic E-state index is 12.0. The van der Waals surface area contributed by atoms with Gasteiger partial charge in [0.2, 0.25) is 5.91 Å². The summed E-state index contributed by atoms with van der Waals surface area (Å²) in [5, 5.41) is 12.0. The molecule has 0 bridgehead atoms. The van der Waals surface area contributed by atoms with Crippen LogP contribution in [0.1, 0.15) is 12.0 Å². The third-order valence-corrected chi connectivity index (χ3v) is 3.65. The number of amides is 1. The summed E-state index contributed by atoms with van der Waals surface area (Å²) in [5.74, 6) is 0.272. The van der Waals surface area contributed by atoms with E-state index in [0.717, 1.165) is 30.8 Å². The summed E-state index contributed by atoms with van der Waals surface area (Å²) in [7, 11) is 0. The van der Waals surface area contributed by atoms with Gasteiger partial charge in [-0.15, -0.1) is 0 Å². The van der Waals surface area contributed by atoms with Crippen LogP contribution in [-0.2, 0) is 4.79 Å². The van der Waals surface area contributed by atoms with Crippen LogP contribution >= 0.6 is 0 Å². The van der Waals surface area contributed by atoms with Gasteiger partial charge in [0, 0.05) is 24.5 Å². The first kappa shape index (κ1) is 13.8. The monoisotopic (exact) mass is 263 g/mol. The lowest BCUT2D eigenvalue weighted by Crippen LogP contribution is -2.32. The molecular weight excluding hydrogens is 242 g/mol. The average molecular weight is 263 g/mol. The molecule has 19 heavy (non-hydrogen) atoms. The summed E-state index contributed by atoms with van der Waals surface area (Å²) in [6.07, 6.45) is 0.959. The summed E-state index contributed by atoms with van der Waals surface area (Å²) >= 11 is 0. The van der Waals surface area contributed by atoms with Gasteiger partial charge in [0.25, 0.3) is 0 Å². The van der Waals surface area contributed by atoms with Crippen molar-refractivity contribution in [2.24, 2.45) is 5.92 Å². The standard InChI is InChI=1S/C14H21N3O2/c1-10-12(15)3-2-4-13(10)16-14(19)8-17-6-5-11(7-17)9-18/h2-4,11,18H,5-9,15H2,1H3,(H,16,19). The Morgan fingerprint density at radius 3 is 3.05 bits per heavy atom. The van der Waals surface area contributed by atoms with Crippen LogP contribution in [0.5, 0.6) is 0 Å². The molecule has 2 rings (SSSR count). The normalized spacial score (nSPS) is 19.6. The van der Waals surface area contributed by atoms with E-state index in [1.165, 1.54) is 0 Å². The fraction of sp³-hybridized carbons (Fsp3) is 0.500. The van der Waals surface area contributed by atoms with Crippen molar-refractivity contribution < 1.29 is 9.90 Å². The third-order valence-electron chi connectivity index (χ3n) is 3.65. The molecule has 1 aromatic carbocycles. The van der Waals surface area contributed by atoms with Gasteiger partial charge in [0.15, 0.2) is 0 Å². The minimum absolute atomic E-state index is 0.0349. The van der Waals surface area contributed by atoms with Crippen molar-refractivity contribution in [1.29, 1.82) is 0 Å². The predicted molar refractivity (Wildman–Crippen MR) is 75.9 cm³/mol. The topological polar surface area (TPSA) is 78.6 Å². The van der Waals surface area contributed by atoms with E-state index in [0.29, 0.717) is 18.2 Å². The maximum Gasteiger partial charge on any atom is 0.238 e. The van der Waals surface area contributed by atoms with Gasteiger partial charge < -0.3 is 16.2 Å². The molecule has 1 aliphatic heterocycles. The van der Waals surface area contributed by atoms with Crippen molar-refractivity contribution in [2.45, 2.75) is 13.3 Å². The van der Waals surface area contributed by atoms with E-state index in [1.807, 2.05) is 25.1 Å². The van der Waals surface area contributed by atoms with Crippen LogP contribution in [0.4, 0.5) is 11.4 Å². The molecule has 5 nitrogen and oxygen atoms in total. The molecule has 1 atom stereocenters. The molecule has 4 N–H and O–H groups in total. The number of likely N-dealkylation sites (tertiary alicyclic amines) is 1. The number of nitrogens with zero attached hydrogens (tertiary/aromatic N) is 1. The molecule has 1 amide bonds. The Morgan fingerprint density at radius 1 is 1.58 bits per heavy atom. The summed E-state index contributed by atoms with van der Waals surface area (Å²) in [5.41, 5.74) is 8.15. The van der Waals surface area contributed by atoms with Crippen molar-refractivity contribution in [2.75, 3.05) is 37.3 Å². The molecule has 0 spiro atoms. The molecule has 104 valence electrons. The molecule has 1 saturated heterocycles. The van der Waals surface area contributed by atoms with Gasteiger partial charge in [-0.05, 0) is 43.5 Å². The van der Waals surface area contributed by atoms with Gasteiger partial charge in [-0.2, -0.15) is 0 Å². The Kier molecular flexibility index (Phi) is 4.39. The Bertz CT molecular complexity index is 462. The Morgan fingerprint density at radius 2 is 2.37 bits per heavy atom. The zero-order chi connectivity index (χ0) is 13.8. The third kappa shape index (κ3) is 3.45. The number of hydrogen-bond acceptors (Lipinski definition) is 4. The Hall–Kier alpha value is -1.59. The van der Waals surface area contributed by atoms with E-state index in [9.17, 15) is 4.79 Å². The predicted octanol–water partition coefficient (Wildman–Crippen LogP) is 0.830. The second-order valence-electron chi connectivity index (χ2n) is 5.14. The van der Waals surface area contributed by atoms with Crippen molar-refractivity contribution in [3.05, 3.63) is 23.8 Å². The van der Waals surface area contributed by atoms with E-state index in [2.05, 4.69) is 10.2 Å². The maximum absolute atomic E-state index is 12.0. The first-order chi connectivity index (χ1) is 9.10. The highest BCUT2D eigenvalue weighted by Crippen LogP contribution is 2.21. The minimum atomic E-state index is -0.0349. The average Bonchev–Trinajstić information content (AvgIpc) is 2.82. The number of carbonyl (C=O) groups is 1.